The fraction of sp³-hybridized carbons (Fsp3) is 0.467. The second-order valence-corrected chi connectivity index (χ2v) is 4.67. The molecule has 0 saturated carbocycles. The Morgan fingerprint density at radius 2 is 2.11 bits per heavy atom. The van der Waals surface area contributed by atoms with Crippen molar-refractivity contribution in [2.24, 2.45) is 5.10 Å². The van der Waals surface area contributed by atoms with Gasteiger partial charge in [-0.05, 0) is 31.0 Å². The molecule has 0 fully saturated rings. The zero-order valence-corrected chi connectivity index (χ0v) is 11.8. The van der Waals surface area contributed by atoms with Crippen LogP contribution in [0.2, 0.25) is 0 Å². The molecule has 0 heterocycles. The van der Waals surface area contributed by atoms with Crippen LogP contribution < -0.4 is 11.2 Å². The molecule has 0 aliphatic heterocycles. The molecule has 0 spiro atoms. The standard InChI is InChI=1S/C15H23N3O/c1-3-4-5-6-10-15(19)18-17-12(2)13-8-7-9-14(16)11-13/h7-9,11H,3-6,10,16H2,1-2H3,(H,18,19)/b17-12+. The Labute approximate surface area is 115 Å². The molecule has 19 heavy (non-hydrogen) atoms. The summed E-state index contributed by atoms with van der Waals surface area (Å²) in [4.78, 5) is 11.6. The maximum absolute atomic E-state index is 11.6. The molecule has 1 aromatic carbocycles. The quantitative estimate of drug-likeness (QED) is 0.343. The van der Waals surface area contributed by atoms with Gasteiger partial charge in [0.2, 0.25) is 5.91 Å². The van der Waals surface area contributed by atoms with Gasteiger partial charge in [-0.2, -0.15) is 5.10 Å². The molecule has 4 nitrogen and oxygen atoms in total. The van der Waals surface area contributed by atoms with Crippen molar-refractivity contribution in [2.75, 3.05) is 5.73 Å². The lowest BCUT2D eigenvalue weighted by atomic mass is 10.1. The number of benzene rings is 1. The van der Waals surface area contributed by atoms with Gasteiger partial charge in [0.1, 0.15) is 0 Å². The van der Waals surface area contributed by atoms with Crippen LogP contribution in [0.25, 0.3) is 0 Å². The van der Waals surface area contributed by atoms with Crippen LogP contribution in [0.4, 0.5) is 5.69 Å². The maximum atomic E-state index is 11.6. The Hall–Kier alpha value is -1.84. The highest BCUT2D eigenvalue weighted by Crippen LogP contribution is 2.07. The molecule has 1 rings (SSSR count). The molecule has 1 aromatic rings. The van der Waals surface area contributed by atoms with Crippen LogP contribution in [0.1, 0.15) is 51.5 Å². The van der Waals surface area contributed by atoms with Gasteiger partial charge in [-0.3, -0.25) is 4.79 Å². The number of nitrogens with two attached hydrogens (primary N) is 1. The third kappa shape index (κ3) is 6.04. The maximum Gasteiger partial charge on any atom is 0.240 e. The Balaban J connectivity index is 2.41. The van der Waals surface area contributed by atoms with Gasteiger partial charge in [0, 0.05) is 12.1 Å². The van der Waals surface area contributed by atoms with Crippen molar-refractivity contribution in [3.8, 4) is 0 Å². The number of hydrogen-bond donors (Lipinski definition) is 2. The molecular weight excluding hydrogens is 238 g/mol. The second kappa shape index (κ2) is 8.29. The number of anilines is 1. The largest absolute Gasteiger partial charge is 0.399 e. The first kappa shape index (κ1) is 15.2. The molecule has 104 valence electrons. The number of hydrazone groups is 1. The highest BCUT2D eigenvalue weighted by molar-refractivity contribution is 5.99. The first-order chi connectivity index (χ1) is 9.13. The van der Waals surface area contributed by atoms with Crippen molar-refractivity contribution < 1.29 is 4.79 Å². The fourth-order valence-electron chi connectivity index (χ4n) is 1.74. The average Bonchev–Trinajstić information content (AvgIpc) is 2.41. The van der Waals surface area contributed by atoms with Crippen molar-refractivity contribution in [2.45, 2.75) is 46.0 Å². The minimum absolute atomic E-state index is 0.0284. The lowest BCUT2D eigenvalue weighted by Gasteiger charge is -2.03. The zero-order valence-electron chi connectivity index (χ0n) is 11.8. The molecule has 0 aliphatic rings. The lowest BCUT2D eigenvalue weighted by molar-refractivity contribution is -0.121. The second-order valence-electron chi connectivity index (χ2n) is 4.67. The Bertz CT molecular complexity index is 441. The van der Waals surface area contributed by atoms with Crippen LogP contribution >= 0.6 is 0 Å². The molecule has 1 amide bonds. The number of nitrogen functional groups attached to an aromatic ring is 1. The molecule has 0 aromatic heterocycles. The number of hydrogen-bond acceptors (Lipinski definition) is 3. The van der Waals surface area contributed by atoms with Crippen molar-refractivity contribution >= 4 is 17.3 Å². The lowest BCUT2D eigenvalue weighted by Crippen LogP contribution is -2.18. The number of carbonyl (C=O) groups excluding carboxylic acids is 1. The molecule has 0 saturated heterocycles. The van der Waals surface area contributed by atoms with Crippen LogP contribution in [-0.2, 0) is 4.79 Å². The Morgan fingerprint density at radius 3 is 2.79 bits per heavy atom. The van der Waals surface area contributed by atoms with Gasteiger partial charge < -0.3 is 5.73 Å². The third-order valence-corrected chi connectivity index (χ3v) is 2.91. The number of nitrogens with zero attached hydrogens (tertiary/aromatic N) is 1. The first-order valence-corrected chi connectivity index (χ1v) is 6.82. The Morgan fingerprint density at radius 1 is 1.32 bits per heavy atom. The summed E-state index contributed by atoms with van der Waals surface area (Å²) in [5.74, 6) is -0.0284. The van der Waals surface area contributed by atoms with Crippen LogP contribution in [0.3, 0.4) is 0 Å². The number of rotatable bonds is 7. The van der Waals surface area contributed by atoms with Gasteiger partial charge in [-0.15, -0.1) is 0 Å². The van der Waals surface area contributed by atoms with Crippen LogP contribution in [0.15, 0.2) is 29.4 Å². The van der Waals surface area contributed by atoms with E-state index in [1.54, 1.807) is 0 Å². The predicted octanol–water partition coefficient (Wildman–Crippen LogP) is 3.08. The van der Waals surface area contributed by atoms with Gasteiger partial charge in [0.05, 0.1) is 5.71 Å². The SMILES string of the molecule is CCCCCCC(=O)N/N=C(\C)c1cccc(N)c1. The van der Waals surface area contributed by atoms with Crippen LogP contribution in [0.5, 0.6) is 0 Å². The van der Waals surface area contributed by atoms with E-state index in [4.69, 9.17) is 5.73 Å². The third-order valence-electron chi connectivity index (χ3n) is 2.91. The predicted molar refractivity (Wildman–Crippen MR) is 80.0 cm³/mol. The minimum atomic E-state index is -0.0284. The fourth-order valence-corrected chi connectivity index (χ4v) is 1.74. The van der Waals surface area contributed by atoms with E-state index in [1.807, 2.05) is 31.2 Å². The van der Waals surface area contributed by atoms with Gasteiger partial charge in [-0.25, -0.2) is 5.43 Å². The number of carbonyl (C=O) groups is 1. The average molecular weight is 261 g/mol. The van der Waals surface area contributed by atoms with E-state index in [2.05, 4.69) is 17.5 Å². The topological polar surface area (TPSA) is 67.5 Å². The minimum Gasteiger partial charge on any atom is -0.399 e. The first-order valence-electron chi connectivity index (χ1n) is 6.82. The molecule has 0 bridgehead atoms. The molecule has 4 heteroatoms. The Kier molecular flexibility index (Phi) is 6.64. The van der Waals surface area contributed by atoms with Crippen LogP contribution in [0, 0.1) is 0 Å². The summed E-state index contributed by atoms with van der Waals surface area (Å²) < 4.78 is 0. The normalized spacial score (nSPS) is 11.4. The van der Waals surface area contributed by atoms with E-state index in [9.17, 15) is 4.79 Å². The van der Waals surface area contributed by atoms with Gasteiger partial charge in [-0.1, -0.05) is 38.3 Å². The van der Waals surface area contributed by atoms with E-state index < -0.39 is 0 Å². The van der Waals surface area contributed by atoms with Gasteiger partial charge in [0.25, 0.3) is 0 Å². The molecule has 0 radical (unpaired) electrons. The summed E-state index contributed by atoms with van der Waals surface area (Å²) in [7, 11) is 0. The van der Waals surface area contributed by atoms with Crippen LogP contribution in [-0.4, -0.2) is 11.6 Å². The monoisotopic (exact) mass is 261 g/mol. The van der Waals surface area contributed by atoms with Crippen molar-refractivity contribution in [1.82, 2.24) is 5.43 Å². The van der Waals surface area contributed by atoms with E-state index >= 15 is 0 Å². The molecule has 0 atom stereocenters. The van der Waals surface area contributed by atoms with E-state index in [-0.39, 0.29) is 5.91 Å². The summed E-state index contributed by atoms with van der Waals surface area (Å²) >= 11 is 0. The molecule has 3 N–H and O–H groups in total. The molecular formula is C15H23N3O. The summed E-state index contributed by atoms with van der Waals surface area (Å²) in [6.45, 7) is 4.01. The molecule has 0 aliphatic carbocycles. The summed E-state index contributed by atoms with van der Waals surface area (Å²) in [6.07, 6.45) is 4.91. The van der Waals surface area contributed by atoms with Crippen molar-refractivity contribution in [1.29, 1.82) is 0 Å². The van der Waals surface area contributed by atoms with Crippen molar-refractivity contribution in [3.63, 3.8) is 0 Å². The van der Waals surface area contributed by atoms with Gasteiger partial charge in [0.15, 0.2) is 0 Å². The number of amides is 1. The van der Waals surface area contributed by atoms with Gasteiger partial charge >= 0.3 is 0 Å². The van der Waals surface area contributed by atoms with E-state index in [1.165, 1.54) is 12.8 Å². The van der Waals surface area contributed by atoms with E-state index in [0.29, 0.717) is 12.1 Å². The zero-order chi connectivity index (χ0) is 14.1. The summed E-state index contributed by atoms with van der Waals surface area (Å²) in [6, 6.07) is 7.45. The highest BCUT2D eigenvalue weighted by Gasteiger charge is 2.01. The summed E-state index contributed by atoms with van der Waals surface area (Å²) in [5, 5.41) is 4.10. The highest BCUT2D eigenvalue weighted by atomic mass is 16.2. The summed E-state index contributed by atoms with van der Waals surface area (Å²) in [5.41, 5.74) is 10.7. The molecule has 0 unspecified atom stereocenters. The van der Waals surface area contributed by atoms with Crippen molar-refractivity contribution in [3.05, 3.63) is 29.8 Å². The van der Waals surface area contributed by atoms with E-state index in [0.717, 1.165) is 24.1 Å². The number of unbranched alkanes of at least 4 members (excludes halogenated alkanes) is 3. The number of nitrogens with one attached hydrogen (secondary N) is 1. The smallest absolute Gasteiger partial charge is 0.240 e.